The van der Waals surface area contributed by atoms with Crippen molar-refractivity contribution in [3.05, 3.63) is 48.0 Å². The van der Waals surface area contributed by atoms with Gasteiger partial charge in [-0.05, 0) is 29.3 Å². The zero-order valence-corrected chi connectivity index (χ0v) is 12.2. The molecule has 1 heterocycles. The van der Waals surface area contributed by atoms with E-state index in [0.29, 0.717) is 13.2 Å². The van der Waals surface area contributed by atoms with Crippen molar-refractivity contribution in [3.8, 4) is 0 Å². The second-order valence-corrected chi connectivity index (χ2v) is 5.84. The Morgan fingerprint density at radius 3 is 2.81 bits per heavy atom. The number of nitrogens with zero attached hydrogens (tertiary/aromatic N) is 1. The number of benzene rings is 2. The average Bonchev–Trinajstić information content (AvgIpc) is 2.47. The van der Waals surface area contributed by atoms with Crippen molar-refractivity contribution < 1.29 is 9.53 Å². The van der Waals surface area contributed by atoms with Crippen molar-refractivity contribution in [1.82, 2.24) is 4.90 Å². The Balaban J connectivity index is 1.77. The summed E-state index contributed by atoms with van der Waals surface area (Å²) in [5.41, 5.74) is 5.80. The number of ether oxygens (including phenoxy) is 1. The lowest BCUT2D eigenvalue weighted by molar-refractivity contribution is -0.153. The van der Waals surface area contributed by atoms with Crippen LogP contribution in [0.2, 0.25) is 0 Å². The highest BCUT2D eigenvalue weighted by Gasteiger charge is 2.37. The summed E-state index contributed by atoms with van der Waals surface area (Å²) in [4.78, 5) is 13.7. The number of amides is 1. The highest BCUT2D eigenvalue weighted by Crippen LogP contribution is 2.21. The first-order valence-electron chi connectivity index (χ1n) is 7.21. The topological polar surface area (TPSA) is 55.6 Å². The molecule has 2 N–H and O–H groups in total. The van der Waals surface area contributed by atoms with E-state index in [-0.39, 0.29) is 0 Å². The van der Waals surface area contributed by atoms with Gasteiger partial charge in [0.2, 0.25) is 0 Å². The maximum atomic E-state index is 11.5. The van der Waals surface area contributed by atoms with Crippen molar-refractivity contribution >= 4 is 16.7 Å². The molecule has 21 heavy (non-hydrogen) atoms. The lowest BCUT2D eigenvalue weighted by Crippen LogP contribution is -2.56. The molecule has 0 aromatic heterocycles. The van der Waals surface area contributed by atoms with E-state index >= 15 is 0 Å². The number of primary amides is 1. The normalized spacial score (nSPS) is 23.3. The summed E-state index contributed by atoms with van der Waals surface area (Å²) in [7, 11) is 0. The van der Waals surface area contributed by atoms with E-state index in [0.717, 1.165) is 13.1 Å². The van der Waals surface area contributed by atoms with Crippen LogP contribution in [0.5, 0.6) is 0 Å². The second kappa shape index (κ2) is 5.47. The predicted octanol–water partition coefficient (Wildman–Crippen LogP) is 1.92. The molecule has 110 valence electrons. The van der Waals surface area contributed by atoms with Crippen LogP contribution in [0.4, 0.5) is 0 Å². The first-order chi connectivity index (χ1) is 10.1. The van der Waals surface area contributed by atoms with Gasteiger partial charge in [0, 0.05) is 19.6 Å². The van der Waals surface area contributed by atoms with Crippen molar-refractivity contribution in [2.24, 2.45) is 5.73 Å². The number of carbonyl (C=O) groups is 1. The molecule has 2 aromatic rings. The van der Waals surface area contributed by atoms with E-state index in [9.17, 15) is 4.79 Å². The summed E-state index contributed by atoms with van der Waals surface area (Å²) in [6, 6.07) is 14.8. The summed E-state index contributed by atoms with van der Waals surface area (Å²) >= 11 is 0. The van der Waals surface area contributed by atoms with Gasteiger partial charge in [0.05, 0.1) is 6.61 Å². The Bertz CT molecular complexity index is 671. The Hall–Kier alpha value is -1.91. The molecule has 0 bridgehead atoms. The van der Waals surface area contributed by atoms with E-state index in [1.165, 1.54) is 16.3 Å². The molecule has 1 aliphatic heterocycles. The van der Waals surface area contributed by atoms with Crippen LogP contribution in [0.15, 0.2) is 42.5 Å². The van der Waals surface area contributed by atoms with Crippen molar-refractivity contribution in [2.45, 2.75) is 19.1 Å². The highest BCUT2D eigenvalue weighted by molar-refractivity contribution is 5.84. The van der Waals surface area contributed by atoms with Crippen LogP contribution < -0.4 is 5.73 Å². The predicted molar refractivity (Wildman–Crippen MR) is 82.8 cm³/mol. The van der Waals surface area contributed by atoms with Crippen LogP contribution in [0, 0.1) is 0 Å². The fourth-order valence-electron chi connectivity index (χ4n) is 2.83. The molecule has 0 unspecified atom stereocenters. The molecule has 1 aliphatic rings. The number of carbonyl (C=O) groups excluding carboxylic acids is 1. The van der Waals surface area contributed by atoms with Crippen molar-refractivity contribution in [3.63, 3.8) is 0 Å². The molecule has 1 saturated heterocycles. The van der Waals surface area contributed by atoms with Crippen LogP contribution in [0.3, 0.4) is 0 Å². The van der Waals surface area contributed by atoms with E-state index in [2.05, 4.69) is 35.2 Å². The zero-order chi connectivity index (χ0) is 14.9. The van der Waals surface area contributed by atoms with Gasteiger partial charge in [-0.3, -0.25) is 9.69 Å². The number of hydrogen-bond acceptors (Lipinski definition) is 3. The van der Waals surface area contributed by atoms with Crippen molar-refractivity contribution in [1.29, 1.82) is 0 Å². The Kier molecular flexibility index (Phi) is 3.66. The molecular formula is C17H20N2O2. The van der Waals surface area contributed by atoms with Gasteiger partial charge in [-0.2, -0.15) is 0 Å². The van der Waals surface area contributed by atoms with Gasteiger partial charge in [0.1, 0.15) is 0 Å². The molecule has 1 amide bonds. The molecule has 0 saturated carbocycles. The third-order valence-corrected chi connectivity index (χ3v) is 4.09. The first kappa shape index (κ1) is 14.0. The fraction of sp³-hybridized carbons (Fsp3) is 0.353. The quantitative estimate of drug-likeness (QED) is 0.937. The highest BCUT2D eigenvalue weighted by atomic mass is 16.5. The number of rotatable bonds is 3. The smallest absolute Gasteiger partial charge is 0.250 e. The number of hydrogen-bond donors (Lipinski definition) is 1. The van der Waals surface area contributed by atoms with Gasteiger partial charge in [-0.15, -0.1) is 0 Å². The molecule has 1 atom stereocenters. The van der Waals surface area contributed by atoms with Gasteiger partial charge in [0.25, 0.3) is 5.91 Å². The zero-order valence-electron chi connectivity index (χ0n) is 12.2. The van der Waals surface area contributed by atoms with Gasteiger partial charge < -0.3 is 10.5 Å². The van der Waals surface area contributed by atoms with Gasteiger partial charge in [-0.25, -0.2) is 0 Å². The average molecular weight is 284 g/mol. The number of morpholine rings is 1. The summed E-state index contributed by atoms with van der Waals surface area (Å²) in [6.45, 7) is 4.46. The second-order valence-electron chi connectivity index (χ2n) is 5.84. The van der Waals surface area contributed by atoms with E-state index in [1.54, 1.807) is 6.92 Å². The summed E-state index contributed by atoms with van der Waals surface area (Å²) in [5.74, 6) is -0.397. The van der Waals surface area contributed by atoms with Crippen LogP contribution >= 0.6 is 0 Å². The minimum absolute atomic E-state index is 0.397. The first-order valence-corrected chi connectivity index (χ1v) is 7.21. The largest absolute Gasteiger partial charge is 0.367 e. The summed E-state index contributed by atoms with van der Waals surface area (Å²) < 4.78 is 5.55. The SMILES string of the molecule is C[C@@]1(C(N)=O)CN(Cc2ccc3ccccc3c2)CCO1. The molecule has 4 heteroatoms. The molecule has 0 radical (unpaired) electrons. The maximum Gasteiger partial charge on any atom is 0.250 e. The van der Waals surface area contributed by atoms with E-state index in [4.69, 9.17) is 10.5 Å². The summed E-state index contributed by atoms with van der Waals surface area (Å²) in [6.07, 6.45) is 0. The minimum Gasteiger partial charge on any atom is -0.367 e. The number of nitrogens with two attached hydrogens (primary N) is 1. The molecule has 3 rings (SSSR count). The number of fused-ring (bicyclic) bond motifs is 1. The van der Waals surface area contributed by atoms with Crippen LogP contribution in [0.1, 0.15) is 12.5 Å². The third-order valence-electron chi connectivity index (χ3n) is 4.09. The van der Waals surface area contributed by atoms with Crippen molar-refractivity contribution in [2.75, 3.05) is 19.7 Å². The minimum atomic E-state index is -0.880. The van der Waals surface area contributed by atoms with Gasteiger partial charge in [0.15, 0.2) is 5.60 Å². The van der Waals surface area contributed by atoms with Gasteiger partial charge >= 0.3 is 0 Å². The maximum absolute atomic E-state index is 11.5. The standard InChI is InChI=1S/C17H20N2O2/c1-17(16(18)20)12-19(8-9-21-17)11-13-6-7-14-4-2-3-5-15(14)10-13/h2-7,10H,8-9,11-12H2,1H3,(H2,18,20)/t17-/m0/s1. The van der Waals surface area contributed by atoms with Crippen LogP contribution in [-0.2, 0) is 16.1 Å². The molecule has 4 nitrogen and oxygen atoms in total. The van der Waals surface area contributed by atoms with E-state index < -0.39 is 11.5 Å². The molecule has 1 fully saturated rings. The monoisotopic (exact) mass is 284 g/mol. The Morgan fingerprint density at radius 2 is 2.05 bits per heavy atom. The summed E-state index contributed by atoms with van der Waals surface area (Å²) in [5, 5.41) is 2.48. The van der Waals surface area contributed by atoms with Crippen LogP contribution in [0.25, 0.3) is 10.8 Å². The Labute approximate surface area is 124 Å². The molecule has 0 spiro atoms. The van der Waals surface area contributed by atoms with Crippen LogP contribution in [-0.4, -0.2) is 36.1 Å². The molecule has 0 aliphatic carbocycles. The molecule has 2 aromatic carbocycles. The lowest BCUT2D eigenvalue weighted by Gasteiger charge is -2.38. The fourth-order valence-corrected chi connectivity index (χ4v) is 2.83. The Morgan fingerprint density at radius 1 is 1.29 bits per heavy atom. The third kappa shape index (κ3) is 2.91. The van der Waals surface area contributed by atoms with Gasteiger partial charge in [-0.1, -0.05) is 36.4 Å². The molecular weight excluding hydrogens is 264 g/mol. The lowest BCUT2D eigenvalue weighted by atomic mass is 10.0. The van der Waals surface area contributed by atoms with E-state index in [1.807, 2.05) is 12.1 Å².